The molecular weight excluding hydrogens is 563 g/mol. The fraction of sp³-hybridized carbons (Fsp3) is 0.281. The highest BCUT2D eigenvalue weighted by Gasteiger charge is 2.27. The van der Waals surface area contributed by atoms with Crippen LogP contribution in [0.25, 0.3) is 22.2 Å². The third kappa shape index (κ3) is 5.63. The molecule has 1 aliphatic heterocycles. The molecule has 0 saturated heterocycles. The summed E-state index contributed by atoms with van der Waals surface area (Å²) in [6, 6.07) is 8.90. The molecule has 0 aliphatic carbocycles. The Hall–Kier alpha value is -5.10. The summed E-state index contributed by atoms with van der Waals surface area (Å²) in [5, 5.41) is 10.8. The maximum atomic E-state index is 14.1. The average Bonchev–Trinajstić information content (AvgIpc) is 3.33. The Morgan fingerprint density at radius 1 is 1.07 bits per heavy atom. The topological polar surface area (TPSA) is 126 Å². The van der Waals surface area contributed by atoms with Crippen molar-refractivity contribution < 1.29 is 14.0 Å². The number of halogens is 1. The number of carbonyl (C=O) groups is 2. The summed E-state index contributed by atoms with van der Waals surface area (Å²) in [7, 11) is 3.20. The van der Waals surface area contributed by atoms with Crippen molar-refractivity contribution >= 4 is 34.4 Å². The quantitative estimate of drug-likeness (QED) is 0.285. The summed E-state index contributed by atoms with van der Waals surface area (Å²) < 4.78 is 17.6. The van der Waals surface area contributed by atoms with Gasteiger partial charge in [-0.3, -0.25) is 24.1 Å². The van der Waals surface area contributed by atoms with Crippen LogP contribution < -0.4 is 26.5 Å². The van der Waals surface area contributed by atoms with Crippen molar-refractivity contribution in [3.8, 4) is 11.3 Å². The molecule has 2 aromatic heterocycles. The van der Waals surface area contributed by atoms with E-state index < -0.39 is 23.6 Å². The van der Waals surface area contributed by atoms with Crippen LogP contribution in [-0.2, 0) is 11.3 Å². The highest BCUT2D eigenvalue weighted by atomic mass is 19.1. The van der Waals surface area contributed by atoms with E-state index in [0.29, 0.717) is 22.7 Å². The van der Waals surface area contributed by atoms with Gasteiger partial charge in [-0.2, -0.15) is 0 Å². The van der Waals surface area contributed by atoms with E-state index in [4.69, 9.17) is 0 Å². The van der Waals surface area contributed by atoms with Crippen molar-refractivity contribution in [3.63, 3.8) is 0 Å². The number of benzene rings is 2. The fourth-order valence-corrected chi connectivity index (χ4v) is 5.31. The summed E-state index contributed by atoms with van der Waals surface area (Å²) in [5.41, 5.74) is 3.53. The third-order valence-electron chi connectivity index (χ3n) is 7.89. The molecule has 2 aromatic carbocycles. The summed E-state index contributed by atoms with van der Waals surface area (Å²) >= 11 is 0. The molecule has 5 rings (SSSR count). The van der Waals surface area contributed by atoms with Gasteiger partial charge in [0.25, 0.3) is 11.5 Å². The number of anilines is 1. The van der Waals surface area contributed by atoms with E-state index in [0.717, 1.165) is 22.0 Å². The molecule has 2 amide bonds. The number of aromatic nitrogens is 3. The van der Waals surface area contributed by atoms with Crippen LogP contribution in [0.1, 0.15) is 35.3 Å². The molecule has 0 saturated carbocycles. The Kier molecular flexibility index (Phi) is 8.45. The van der Waals surface area contributed by atoms with Crippen LogP contribution in [0.5, 0.6) is 0 Å². The van der Waals surface area contributed by atoms with Gasteiger partial charge in [-0.1, -0.05) is 6.07 Å². The van der Waals surface area contributed by atoms with Crippen molar-refractivity contribution in [1.29, 1.82) is 0 Å². The van der Waals surface area contributed by atoms with Gasteiger partial charge in [-0.25, -0.2) is 14.4 Å². The molecule has 4 aromatic rings. The van der Waals surface area contributed by atoms with Gasteiger partial charge in [-0.15, -0.1) is 0 Å². The van der Waals surface area contributed by atoms with Crippen molar-refractivity contribution in [2.24, 2.45) is 4.99 Å². The molecule has 228 valence electrons. The van der Waals surface area contributed by atoms with E-state index in [1.807, 2.05) is 48.8 Å². The Morgan fingerprint density at radius 2 is 1.84 bits per heavy atom. The van der Waals surface area contributed by atoms with Crippen molar-refractivity contribution in [2.45, 2.75) is 46.3 Å². The second-order valence-electron chi connectivity index (χ2n) is 10.8. The lowest BCUT2D eigenvalue weighted by atomic mass is 10.0. The van der Waals surface area contributed by atoms with Gasteiger partial charge in [0.1, 0.15) is 11.7 Å². The molecule has 44 heavy (non-hydrogen) atoms. The molecule has 1 unspecified atom stereocenters. The Bertz CT molecular complexity index is 1890. The van der Waals surface area contributed by atoms with Gasteiger partial charge in [-0.05, 0) is 82.3 Å². The summed E-state index contributed by atoms with van der Waals surface area (Å²) in [6.07, 6.45) is 7.01. The van der Waals surface area contributed by atoms with Gasteiger partial charge >= 0.3 is 0 Å². The van der Waals surface area contributed by atoms with E-state index in [2.05, 4.69) is 25.9 Å². The number of aryl methyl sites for hydroxylation is 2. The first-order chi connectivity index (χ1) is 21.0. The lowest BCUT2D eigenvalue weighted by Gasteiger charge is -2.35. The maximum Gasteiger partial charge on any atom is 0.294 e. The van der Waals surface area contributed by atoms with Crippen LogP contribution in [0.4, 0.5) is 10.2 Å². The Labute approximate surface area is 254 Å². The third-order valence-corrected chi connectivity index (χ3v) is 7.89. The number of aliphatic imine (C=N–C) groups is 1. The zero-order chi connectivity index (χ0) is 31.7. The van der Waals surface area contributed by atoms with Crippen molar-refractivity contribution in [2.75, 3.05) is 24.4 Å². The standard InChI is InChI=1S/C32H35FN8O3/c1-18-7-8-22(31(43)35-6)13-25(18)28-15-37-29(38-30(42)20(3)34-5)32(44)39(28)17-24-11-12-36-21(4)41(24)40-16-19(2)26-14-23(33)9-10-27(26)40/h7-16,20,24,34H,17H2,1-6H3,(H,35,43)(H,37,38,42)/t20-,24?/m0/s1. The van der Waals surface area contributed by atoms with Crippen LogP contribution in [0.2, 0.25) is 0 Å². The van der Waals surface area contributed by atoms with E-state index in [1.54, 1.807) is 50.0 Å². The highest BCUT2D eigenvalue weighted by Crippen LogP contribution is 2.27. The number of amides is 2. The number of hydrogen-bond acceptors (Lipinski definition) is 7. The molecule has 11 nitrogen and oxygen atoms in total. The van der Waals surface area contributed by atoms with Crippen LogP contribution in [0, 0.1) is 19.7 Å². The normalized spacial score (nSPS) is 15.3. The summed E-state index contributed by atoms with van der Waals surface area (Å²) in [4.78, 5) is 48.2. The second kappa shape index (κ2) is 12.3. The first kappa shape index (κ1) is 30.4. The van der Waals surface area contributed by atoms with Crippen LogP contribution in [0.15, 0.2) is 70.9 Å². The van der Waals surface area contributed by atoms with E-state index in [-0.39, 0.29) is 24.1 Å². The smallest absolute Gasteiger partial charge is 0.294 e. The molecule has 3 N–H and O–H groups in total. The van der Waals surface area contributed by atoms with Gasteiger partial charge in [0.05, 0.1) is 36.0 Å². The lowest BCUT2D eigenvalue weighted by molar-refractivity contribution is -0.117. The zero-order valence-corrected chi connectivity index (χ0v) is 25.5. The minimum absolute atomic E-state index is 0.115. The molecule has 2 atom stereocenters. The number of fused-ring (bicyclic) bond motifs is 1. The average molecular weight is 599 g/mol. The molecule has 0 bridgehead atoms. The first-order valence-corrected chi connectivity index (χ1v) is 14.2. The fourth-order valence-electron chi connectivity index (χ4n) is 5.31. The Morgan fingerprint density at radius 3 is 2.57 bits per heavy atom. The molecule has 0 fully saturated rings. The van der Waals surface area contributed by atoms with Gasteiger partial charge in [0.15, 0.2) is 5.82 Å². The Balaban J connectivity index is 1.66. The van der Waals surface area contributed by atoms with E-state index in [1.165, 1.54) is 18.3 Å². The van der Waals surface area contributed by atoms with Gasteiger partial charge < -0.3 is 20.5 Å². The van der Waals surface area contributed by atoms with Gasteiger partial charge in [0.2, 0.25) is 5.91 Å². The predicted octanol–water partition coefficient (Wildman–Crippen LogP) is 3.48. The molecule has 0 radical (unpaired) electrons. The number of likely N-dealkylation sites (N-methyl/N-ethyl adjacent to an activating group) is 1. The zero-order valence-electron chi connectivity index (χ0n) is 25.5. The molecule has 0 spiro atoms. The van der Waals surface area contributed by atoms with Crippen LogP contribution in [0.3, 0.4) is 0 Å². The summed E-state index contributed by atoms with van der Waals surface area (Å²) in [6.45, 7) is 7.47. The minimum atomic E-state index is -0.554. The highest BCUT2D eigenvalue weighted by molar-refractivity contribution is 5.96. The van der Waals surface area contributed by atoms with Crippen LogP contribution >= 0.6 is 0 Å². The monoisotopic (exact) mass is 598 g/mol. The second-order valence-corrected chi connectivity index (χ2v) is 10.8. The minimum Gasteiger partial charge on any atom is -0.355 e. The maximum absolute atomic E-state index is 14.1. The number of carbonyl (C=O) groups excluding carboxylic acids is 2. The van der Waals surface area contributed by atoms with E-state index >= 15 is 0 Å². The van der Waals surface area contributed by atoms with Crippen LogP contribution in [-0.4, -0.2) is 58.1 Å². The van der Waals surface area contributed by atoms with E-state index in [9.17, 15) is 18.8 Å². The number of nitrogens with one attached hydrogen (secondary N) is 3. The van der Waals surface area contributed by atoms with Crippen molar-refractivity contribution in [1.82, 2.24) is 24.9 Å². The first-order valence-electron chi connectivity index (χ1n) is 14.2. The largest absolute Gasteiger partial charge is 0.355 e. The molecular formula is C32H35FN8O3. The van der Waals surface area contributed by atoms with Gasteiger partial charge in [0, 0.05) is 36.0 Å². The number of nitrogens with zero attached hydrogens (tertiary/aromatic N) is 5. The number of hydrogen-bond donors (Lipinski definition) is 3. The molecule has 12 heteroatoms. The van der Waals surface area contributed by atoms with Crippen molar-refractivity contribution in [3.05, 3.63) is 93.9 Å². The SMILES string of the molecule is CNC(=O)c1ccc(C)c(-c2cnc(NC(=O)[C@H](C)NC)c(=O)n2CC2C=CN=C(C)N2n2cc(C)c3cc(F)ccc32)c1. The molecule has 1 aliphatic rings. The lowest BCUT2D eigenvalue weighted by Crippen LogP contribution is -2.50. The number of rotatable bonds is 8. The molecule has 3 heterocycles. The number of amidine groups is 1. The summed E-state index contributed by atoms with van der Waals surface area (Å²) in [5.74, 6) is -0.453. The predicted molar refractivity (Wildman–Crippen MR) is 170 cm³/mol.